The lowest BCUT2D eigenvalue weighted by Gasteiger charge is -2.39. The summed E-state index contributed by atoms with van der Waals surface area (Å²) >= 11 is 0. The van der Waals surface area contributed by atoms with Gasteiger partial charge in [-0.15, -0.1) is 0 Å². The number of rotatable bonds is 10. The molecule has 1 aliphatic carbocycles. The number of benzene rings is 2. The molecule has 10 heteroatoms. The molecule has 0 heterocycles. The Morgan fingerprint density at radius 1 is 0.806 bits per heavy atom. The van der Waals surface area contributed by atoms with Crippen LogP contribution in [0, 0.1) is 5.92 Å². The molecule has 3 unspecified atom stereocenters. The molecule has 0 N–H and O–H groups in total. The highest BCUT2D eigenvalue weighted by Gasteiger charge is 2.45. The third-order valence-electron chi connectivity index (χ3n) is 6.24. The summed E-state index contributed by atoms with van der Waals surface area (Å²) in [6, 6.07) is 9.40. The molecule has 0 saturated heterocycles. The van der Waals surface area contributed by atoms with Gasteiger partial charge in [0.2, 0.25) is 0 Å². The van der Waals surface area contributed by atoms with Crippen molar-refractivity contribution in [3.05, 3.63) is 47.5 Å². The Bertz CT molecular complexity index is 1070. The normalized spacial score (nSPS) is 21.3. The van der Waals surface area contributed by atoms with E-state index in [4.69, 9.17) is 38.5 Å². The van der Waals surface area contributed by atoms with Crippen LogP contribution in [0.15, 0.2) is 36.4 Å². The minimum absolute atomic E-state index is 0.168. The molecule has 0 aromatic heterocycles. The van der Waals surface area contributed by atoms with E-state index in [0.29, 0.717) is 24.3 Å². The quantitative estimate of drug-likeness (QED) is 0.338. The molecule has 0 spiro atoms. The van der Waals surface area contributed by atoms with Crippen LogP contribution in [0.1, 0.15) is 53.8 Å². The maximum absolute atomic E-state index is 12.7. The summed E-state index contributed by atoms with van der Waals surface area (Å²) in [6.45, 7) is 3.79. The predicted molar refractivity (Wildman–Crippen MR) is 127 cm³/mol. The van der Waals surface area contributed by atoms with Gasteiger partial charge in [0.1, 0.15) is 45.8 Å². The second-order valence-electron chi connectivity index (χ2n) is 8.73. The van der Waals surface area contributed by atoms with Crippen LogP contribution in [-0.2, 0) is 19.6 Å². The van der Waals surface area contributed by atoms with E-state index < -0.39 is 23.6 Å². The zero-order valence-corrected chi connectivity index (χ0v) is 21.3. The van der Waals surface area contributed by atoms with Crippen molar-refractivity contribution in [3.8, 4) is 23.0 Å². The van der Waals surface area contributed by atoms with E-state index in [-0.39, 0.29) is 28.5 Å². The minimum Gasteiger partial charge on any atom is -0.497 e. The van der Waals surface area contributed by atoms with Gasteiger partial charge in [-0.05, 0) is 56.4 Å². The number of carbonyl (C=O) groups excluding carboxylic acids is 2. The van der Waals surface area contributed by atoms with Crippen LogP contribution < -0.4 is 18.9 Å². The summed E-state index contributed by atoms with van der Waals surface area (Å²) in [5.74, 6) is 0.409. The zero-order chi connectivity index (χ0) is 26.3. The lowest BCUT2D eigenvalue weighted by molar-refractivity contribution is -0.388. The second kappa shape index (κ2) is 12.0. The van der Waals surface area contributed by atoms with Gasteiger partial charge in [0, 0.05) is 12.1 Å². The highest BCUT2D eigenvalue weighted by Crippen LogP contribution is 2.38. The summed E-state index contributed by atoms with van der Waals surface area (Å²) in [5, 5.41) is 0. The fraction of sp³-hybridized carbons (Fsp3) is 0.462. The summed E-state index contributed by atoms with van der Waals surface area (Å²) in [5.41, 5.74) is -0.726. The fourth-order valence-corrected chi connectivity index (χ4v) is 3.92. The predicted octanol–water partition coefficient (Wildman–Crippen LogP) is 4.55. The highest BCUT2D eigenvalue weighted by molar-refractivity contribution is 5.93. The number of methoxy groups -OCH3 is 4. The molecule has 0 bridgehead atoms. The van der Waals surface area contributed by atoms with Crippen molar-refractivity contribution in [2.24, 2.45) is 5.92 Å². The van der Waals surface area contributed by atoms with Crippen molar-refractivity contribution in [2.75, 3.05) is 28.4 Å². The number of carbonyl (C=O) groups is 2. The molecule has 1 aliphatic rings. The molecule has 0 amide bonds. The Kier molecular flexibility index (Phi) is 9.00. The number of ether oxygens (including phenoxy) is 4. The van der Waals surface area contributed by atoms with E-state index in [2.05, 4.69) is 6.92 Å². The molecule has 3 rings (SSSR count). The molecule has 10 nitrogen and oxygen atoms in total. The molecule has 2 aromatic rings. The summed E-state index contributed by atoms with van der Waals surface area (Å²) in [6.07, 6.45) is 1.14. The lowest BCUT2D eigenvalue weighted by atomic mass is 9.78. The molecule has 196 valence electrons. The standard InChI is InChI=1S/C26H32O10/c1-16-11-12-26(2,36-35-25(28)20-10-8-18(30-4)15-22(20)32-6)23(13-16)33-34-24(27)19-9-7-17(29-3)14-21(19)31-5/h7-10,14-16,23H,11-13H2,1-6H3. The van der Waals surface area contributed by atoms with Crippen LogP contribution >= 0.6 is 0 Å². The van der Waals surface area contributed by atoms with Gasteiger partial charge in [-0.25, -0.2) is 9.59 Å². The molecule has 3 atom stereocenters. The fourth-order valence-electron chi connectivity index (χ4n) is 3.92. The van der Waals surface area contributed by atoms with Crippen molar-refractivity contribution in [1.29, 1.82) is 0 Å². The smallest absolute Gasteiger partial charge is 0.376 e. The molecular weight excluding hydrogens is 472 g/mol. The van der Waals surface area contributed by atoms with Crippen molar-refractivity contribution in [2.45, 2.75) is 44.8 Å². The van der Waals surface area contributed by atoms with E-state index >= 15 is 0 Å². The van der Waals surface area contributed by atoms with Gasteiger partial charge in [0.15, 0.2) is 0 Å². The largest absolute Gasteiger partial charge is 0.497 e. The van der Waals surface area contributed by atoms with Crippen molar-refractivity contribution < 1.29 is 48.1 Å². The average molecular weight is 505 g/mol. The van der Waals surface area contributed by atoms with E-state index in [9.17, 15) is 9.59 Å². The maximum Gasteiger partial charge on any atom is 0.376 e. The first-order chi connectivity index (χ1) is 17.2. The number of hydrogen-bond donors (Lipinski definition) is 0. The van der Waals surface area contributed by atoms with Gasteiger partial charge in [0.25, 0.3) is 0 Å². The molecular formula is C26H32O10. The molecule has 36 heavy (non-hydrogen) atoms. The van der Waals surface area contributed by atoms with Crippen LogP contribution in [0.5, 0.6) is 23.0 Å². The molecule has 0 aliphatic heterocycles. The van der Waals surface area contributed by atoms with Crippen LogP contribution in [0.4, 0.5) is 0 Å². The van der Waals surface area contributed by atoms with Gasteiger partial charge in [0.05, 0.1) is 28.4 Å². The van der Waals surface area contributed by atoms with Gasteiger partial charge in [-0.3, -0.25) is 9.78 Å². The van der Waals surface area contributed by atoms with Crippen LogP contribution in [-0.4, -0.2) is 52.1 Å². The third kappa shape index (κ3) is 6.19. The third-order valence-corrected chi connectivity index (χ3v) is 6.24. The highest BCUT2D eigenvalue weighted by atomic mass is 17.2. The second-order valence-corrected chi connectivity index (χ2v) is 8.73. The molecule has 1 fully saturated rings. The van der Waals surface area contributed by atoms with Gasteiger partial charge < -0.3 is 18.9 Å². The van der Waals surface area contributed by atoms with Gasteiger partial charge in [-0.1, -0.05) is 6.92 Å². The molecule has 0 radical (unpaired) electrons. The average Bonchev–Trinajstić information content (AvgIpc) is 2.91. The summed E-state index contributed by atoms with van der Waals surface area (Å²) < 4.78 is 20.8. The Morgan fingerprint density at radius 2 is 1.33 bits per heavy atom. The van der Waals surface area contributed by atoms with Crippen LogP contribution in [0.3, 0.4) is 0 Å². The number of hydrogen-bond acceptors (Lipinski definition) is 10. The first-order valence-corrected chi connectivity index (χ1v) is 11.5. The summed E-state index contributed by atoms with van der Waals surface area (Å²) in [4.78, 5) is 47.0. The van der Waals surface area contributed by atoms with Gasteiger partial charge >= 0.3 is 11.9 Å². The first kappa shape index (κ1) is 27.1. The van der Waals surface area contributed by atoms with Crippen molar-refractivity contribution >= 4 is 11.9 Å². The van der Waals surface area contributed by atoms with E-state index in [0.717, 1.165) is 6.42 Å². The van der Waals surface area contributed by atoms with Crippen LogP contribution in [0.2, 0.25) is 0 Å². The molecule has 1 saturated carbocycles. The lowest BCUT2D eigenvalue weighted by Crippen LogP contribution is -2.48. The Labute approximate surface area is 210 Å². The topological polar surface area (TPSA) is 108 Å². The van der Waals surface area contributed by atoms with E-state index in [1.807, 2.05) is 0 Å². The maximum atomic E-state index is 12.7. The van der Waals surface area contributed by atoms with E-state index in [1.54, 1.807) is 31.2 Å². The SMILES string of the molecule is COc1ccc(C(=O)OOC2CC(C)CCC2(C)OOC(=O)c2ccc(OC)cc2OC)c(OC)c1. The van der Waals surface area contributed by atoms with Gasteiger partial charge in [-0.2, -0.15) is 9.78 Å². The Hall–Kier alpha value is -3.50. The zero-order valence-electron chi connectivity index (χ0n) is 21.3. The van der Waals surface area contributed by atoms with Crippen LogP contribution in [0.25, 0.3) is 0 Å². The minimum atomic E-state index is -1.06. The monoisotopic (exact) mass is 504 g/mol. The Morgan fingerprint density at radius 3 is 1.83 bits per heavy atom. The first-order valence-electron chi connectivity index (χ1n) is 11.5. The van der Waals surface area contributed by atoms with Crippen molar-refractivity contribution in [3.63, 3.8) is 0 Å². The van der Waals surface area contributed by atoms with E-state index in [1.165, 1.54) is 40.6 Å². The van der Waals surface area contributed by atoms with Crippen molar-refractivity contribution in [1.82, 2.24) is 0 Å². The summed E-state index contributed by atoms with van der Waals surface area (Å²) in [7, 11) is 5.90. The molecule has 2 aromatic carbocycles. The Balaban J connectivity index is 1.69.